The molecule has 0 spiro atoms. The van der Waals surface area contributed by atoms with E-state index in [1.807, 2.05) is 0 Å². The fourth-order valence-electron chi connectivity index (χ4n) is 3.35. The Morgan fingerprint density at radius 2 is 1.72 bits per heavy atom. The van der Waals surface area contributed by atoms with Gasteiger partial charge < -0.3 is 19.9 Å². The Morgan fingerprint density at radius 1 is 1.10 bits per heavy atom. The molecule has 1 aliphatic rings. The first-order chi connectivity index (χ1) is 13.7. The van der Waals surface area contributed by atoms with Crippen molar-refractivity contribution < 1.29 is 32.5 Å². The molecule has 3 rings (SSSR count). The van der Waals surface area contributed by atoms with Crippen LogP contribution in [0, 0.1) is 0 Å². The maximum Gasteiger partial charge on any atom is 0.573 e. The predicted molar refractivity (Wildman–Crippen MR) is 98.8 cm³/mol. The molecule has 6 nitrogen and oxygen atoms in total. The molecule has 156 valence electrons. The summed E-state index contributed by atoms with van der Waals surface area (Å²) in [5.41, 5.74) is 1.48. The third-order valence-electron chi connectivity index (χ3n) is 4.50. The number of hydrogen-bond acceptors (Lipinski definition) is 6. The lowest BCUT2D eigenvalue weighted by Crippen LogP contribution is -2.45. The molecule has 9 heteroatoms. The van der Waals surface area contributed by atoms with Gasteiger partial charge in [0.1, 0.15) is 5.75 Å². The number of hydrogen-bond donors (Lipinski definition) is 2. The molecule has 1 heterocycles. The van der Waals surface area contributed by atoms with E-state index in [2.05, 4.69) is 15.0 Å². The number of alkyl halides is 3. The number of ether oxygens (including phenoxy) is 2. The number of piperazine rings is 1. The van der Waals surface area contributed by atoms with Gasteiger partial charge in [-0.05, 0) is 35.4 Å². The van der Waals surface area contributed by atoms with E-state index in [-0.39, 0.29) is 23.3 Å². The van der Waals surface area contributed by atoms with E-state index in [4.69, 9.17) is 4.74 Å². The van der Waals surface area contributed by atoms with Crippen LogP contribution in [0.15, 0.2) is 42.5 Å². The number of nitrogens with zero attached hydrogens (tertiary/aromatic N) is 1. The summed E-state index contributed by atoms with van der Waals surface area (Å²) in [4.78, 5) is 13.3. The predicted octanol–water partition coefficient (Wildman–Crippen LogP) is 3.21. The second kappa shape index (κ2) is 8.71. The fraction of sp³-hybridized carbons (Fsp3) is 0.350. The first kappa shape index (κ1) is 20.9. The second-order valence-corrected chi connectivity index (χ2v) is 6.63. The summed E-state index contributed by atoms with van der Waals surface area (Å²) in [6.07, 6.45) is -4.75. The minimum absolute atomic E-state index is 0.0502. The van der Waals surface area contributed by atoms with Gasteiger partial charge in [-0.2, -0.15) is 0 Å². The van der Waals surface area contributed by atoms with Crippen LogP contribution in [-0.2, 0) is 4.79 Å². The summed E-state index contributed by atoms with van der Waals surface area (Å²) in [6, 6.07) is 10.1. The Kier molecular flexibility index (Phi) is 6.29. The molecular weight excluding hydrogens is 389 g/mol. The molecule has 2 aromatic rings. The third-order valence-corrected chi connectivity index (χ3v) is 4.50. The number of carbonyl (C=O) groups excluding carboxylic acids is 1. The lowest BCUT2D eigenvalue weighted by Gasteiger charge is -2.35. The Balaban J connectivity index is 1.93. The van der Waals surface area contributed by atoms with Crippen molar-refractivity contribution in [1.29, 1.82) is 0 Å². The van der Waals surface area contributed by atoms with Crippen molar-refractivity contribution >= 4 is 5.97 Å². The van der Waals surface area contributed by atoms with Crippen molar-refractivity contribution in [3.63, 3.8) is 0 Å². The van der Waals surface area contributed by atoms with Crippen molar-refractivity contribution in [3.8, 4) is 17.2 Å². The number of halogens is 3. The van der Waals surface area contributed by atoms with Gasteiger partial charge in [-0.15, -0.1) is 13.2 Å². The molecule has 2 aromatic carbocycles. The van der Waals surface area contributed by atoms with Crippen LogP contribution in [0.3, 0.4) is 0 Å². The van der Waals surface area contributed by atoms with Crippen LogP contribution >= 0.6 is 0 Å². The number of benzene rings is 2. The van der Waals surface area contributed by atoms with Crippen molar-refractivity contribution in [1.82, 2.24) is 10.2 Å². The molecule has 0 aromatic heterocycles. The van der Waals surface area contributed by atoms with Crippen LogP contribution in [0.1, 0.15) is 24.1 Å². The molecule has 0 radical (unpaired) electrons. The van der Waals surface area contributed by atoms with E-state index >= 15 is 0 Å². The average Bonchev–Trinajstić information content (AvgIpc) is 2.65. The maximum atomic E-state index is 12.4. The zero-order valence-corrected chi connectivity index (χ0v) is 15.7. The van der Waals surface area contributed by atoms with E-state index in [0.717, 1.165) is 37.3 Å². The highest BCUT2D eigenvalue weighted by molar-refractivity contribution is 5.70. The quantitative estimate of drug-likeness (QED) is 0.583. The Morgan fingerprint density at radius 3 is 2.28 bits per heavy atom. The minimum atomic E-state index is -4.75. The summed E-state index contributed by atoms with van der Waals surface area (Å²) in [6.45, 7) is 4.21. The number of phenolic OH excluding ortho intramolecular Hbond substituents is 1. The van der Waals surface area contributed by atoms with E-state index in [9.17, 15) is 23.1 Å². The van der Waals surface area contributed by atoms with Crippen LogP contribution in [0.5, 0.6) is 17.2 Å². The minimum Gasteiger partial charge on any atom is -0.504 e. The van der Waals surface area contributed by atoms with E-state index < -0.39 is 12.3 Å². The van der Waals surface area contributed by atoms with Gasteiger partial charge in [0, 0.05) is 33.1 Å². The zero-order valence-electron chi connectivity index (χ0n) is 15.7. The van der Waals surface area contributed by atoms with Gasteiger partial charge in [-0.3, -0.25) is 9.69 Å². The number of rotatable bonds is 5. The van der Waals surface area contributed by atoms with Crippen molar-refractivity contribution in [2.75, 3.05) is 26.2 Å². The monoisotopic (exact) mass is 410 g/mol. The molecule has 0 unspecified atom stereocenters. The number of carbonyl (C=O) groups is 1. The molecule has 0 saturated carbocycles. The topological polar surface area (TPSA) is 71.0 Å². The summed E-state index contributed by atoms with van der Waals surface area (Å²) < 4.78 is 46.2. The number of nitrogens with one attached hydrogen (secondary N) is 1. The molecule has 1 aliphatic heterocycles. The molecule has 29 heavy (non-hydrogen) atoms. The highest BCUT2D eigenvalue weighted by atomic mass is 19.4. The molecule has 0 aliphatic carbocycles. The van der Waals surface area contributed by atoms with Gasteiger partial charge in [-0.25, -0.2) is 0 Å². The van der Waals surface area contributed by atoms with Gasteiger partial charge in [0.05, 0.1) is 6.04 Å². The largest absolute Gasteiger partial charge is 0.573 e. The maximum absolute atomic E-state index is 12.4. The number of aromatic hydroxyl groups is 1. The molecule has 1 atom stereocenters. The lowest BCUT2D eigenvalue weighted by atomic mass is 9.96. The van der Waals surface area contributed by atoms with E-state index in [1.54, 1.807) is 18.2 Å². The summed E-state index contributed by atoms with van der Waals surface area (Å²) in [5.74, 6) is -0.982. The summed E-state index contributed by atoms with van der Waals surface area (Å²) in [7, 11) is 0. The van der Waals surface area contributed by atoms with Crippen molar-refractivity contribution in [2.45, 2.75) is 19.3 Å². The van der Waals surface area contributed by atoms with Crippen LogP contribution in [0.4, 0.5) is 13.2 Å². The van der Waals surface area contributed by atoms with E-state index in [0.29, 0.717) is 0 Å². The Bertz CT molecular complexity index is 850. The third kappa shape index (κ3) is 5.61. The number of phenols is 1. The van der Waals surface area contributed by atoms with Gasteiger partial charge >= 0.3 is 12.3 Å². The highest BCUT2D eigenvalue weighted by Crippen LogP contribution is 2.36. The molecule has 0 bridgehead atoms. The van der Waals surface area contributed by atoms with Crippen LogP contribution in [-0.4, -0.2) is 48.5 Å². The average molecular weight is 410 g/mol. The smallest absolute Gasteiger partial charge is 0.504 e. The lowest BCUT2D eigenvalue weighted by molar-refractivity contribution is -0.274. The number of esters is 1. The van der Waals surface area contributed by atoms with Gasteiger partial charge in [0.2, 0.25) is 0 Å². The first-order valence-electron chi connectivity index (χ1n) is 9.05. The van der Waals surface area contributed by atoms with Crippen LogP contribution in [0.2, 0.25) is 0 Å². The molecule has 2 N–H and O–H groups in total. The van der Waals surface area contributed by atoms with Gasteiger partial charge in [0.25, 0.3) is 0 Å². The normalized spacial score (nSPS) is 16.3. The molecule has 1 fully saturated rings. The standard InChI is InChI=1S/C20H21F3N2O4/c1-13(26)28-18-7-4-15(12-17(18)27)19(25-10-8-24-9-11-25)14-2-5-16(6-3-14)29-20(21,22)23/h2-7,12,19,24,27H,8-11H2,1H3/t19-/m0/s1. The van der Waals surface area contributed by atoms with E-state index in [1.165, 1.54) is 31.2 Å². The highest BCUT2D eigenvalue weighted by Gasteiger charge is 2.31. The van der Waals surface area contributed by atoms with Crippen LogP contribution < -0.4 is 14.8 Å². The molecular formula is C20H21F3N2O4. The Labute approximate surface area is 165 Å². The summed E-state index contributed by atoms with van der Waals surface area (Å²) >= 11 is 0. The fourth-order valence-corrected chi connectivity index (χ4v) is 3.35. The molecule has 1 saturated heterocycles. The zero-order chi connectivity index (χ0) is 21.0. The van der Waals surface area contributed by atoms with Crippen molar-refractivity contribution in [2.24, 2.45) is 0 Å². The summed E-state index contributed by atoms with van der Waals surface area (Å²) in [5, 5.41) is 13.5. The van der Waals surface area contributed by atoms with Gasteiger partial charge in [-0.1, -0.05) is 18.2 Å². The van der Waals surface area contributed by atoms with Crippen LogP contribution in [0.25, 0.3) is 0 Å². The SMILES string of the molecule is CC(=O)Oc1ccc([C@H](c2ccc(OC(F)(F)F)cc2)N2CCNCC2)cc1O. The Hall–Kier alpha value is -2.78. The molecule has 0 amide bonds. The van der Waals surface area contributed by atoms with Gasteiger partial charge in [0.15, 0.2) is 11.5 Å². The second-order valence-electron chi connectivity index (χ2n) is 6.63. The first-order valence-corrected chi connectivity index (χ1v) is 9.05. The van der Waals surface area contributed by atoms with Crippen molar-refractivity contribution in [3.05, 3.63) is 53.6 Å².